The predicted octanol–water partition coefficient (Wildman–Crippen LogP) is 2.32. The number of hydrogen-bond acceptors (Lipinski definition) is 3. The molecule has 0 bridgehead atoms. The number of rotatable bonds is 2. The zero-order chi connectivity index (χ0) is 12.6. The molecule has 0 radical (unpaired) electrons. The summed E-state index contributed by atoms with van der Waals surface area (Å²) in [5, 5.41) is 14.2. The summed E-state index contributed by atoms with van der Waals surface area (Å²) in [6, 6.07) is 5.36. The third-order valence-corrected chi connectivity index (χ3v) is 2.82. The van der Waals surface area contributed by atoms with Crippen LogP contribution in [-0.2, 0) is 0 Å². The number of aromatic hydroxyl groups is 1. The molecule has 0 saturated carbocycles. The van der Waals surface area contributed by atoms with Crippen molar-refractivity contribution in [3.63, 3.8) is 0 Å². The zero-order valence-electron chi connectivity index (χ0n) is 10.1. The Morgan fingerprint density at radius 2 is 2.00 bits per heavy atom. The molecule has 4 heteroatoms. The van der Waals surface area contributed by atoms with Crippen LogP contribution in [0.5, 0.6) is 5.75 Å². The van der Waals surface area contributed by atoms with Crippen LogP contribution in [0.2, 0.25) is 0 Å². The van der Waals surface area contributed by atoms with E-state index < -0.39 is 0 Å². The molecule has 2 rings (SSSR count). The van der Waals surface area contributed by atoms with E-state index in [-0.39, 0.29) is 5.75 Å². The molecular formula is C13H14N2O2. The molecule has 1 heterocycles. The second kappa shape index (κ2) is 4.05. The van der Waals surface area contributed by atoms with Crippen LogP contribution in [0.25, 0.3) is 5.69 Å². The summed E-state index contributed by atoms with van der Waals surface area (Å²) in [5.74, 6) is 0.160. The molecule has 17 heavy (non-hydrogen) atoms. The molecule has 0 spiro atoms. The first-order chi connectivity index (χ1) is 8.04. The van der Waals surface area contributed by atoms with Gasteiger partial charge in [0.2, 0.25) is 0 Å². The van der Waals surface area contributed by atoms with Gasteiger partial charge in [-0.2, -0.15) is 5.10 Å². The van der Waals surface area contributed by atoms with Crippen molar-refractivity contribution in [1.82, 2.24) is 9.78 Å². The topological polar surface area (TPSA) is 55.1 Å². The van der Waals surface area contributed by atoms with Gasteiger partial charge in [-0.05, 0) is 38.5 Å². The molecule has 0 aliphatic rings. The van der Waals surface area contributed by atoms with Gasteiger partial charge in [0, 0.05) is 0 Å². The molecule has 0 fully saturated rings. The number of hydrogen-bond donors (Lipinski definition) is 1. The first kappa shape index (κ1) is 11.4. The highest BCUT2D eigenvalue weighted by Crippen LogP contribution is 2.25. The van der Waals surface area contributed by atoms with Crippen molar-refractivity contribution in [3.05, 3.63) is 40.7 Å². The van der Waals surface area contributed by atoms with E-state index in [0.717, 1.165) is 17.5 Å². The Hall–Kier alpha value is -2.10. The van der Waals surface area contributed by atoms with Crippen LogP contribution in [0.3, 0.4) is 0 Å². The molecule has 88 valence electrons. The quantitative estimate of drug-likeness (QED) is 0.805. The molecule has 0 aliphatic heterocycles. The summed E-state index contributed by atoms with van der Waals surface area (Å²) in [6.07, 6.45) is 0.791. The highest BCUT2D eigenvalue weighted by Gasteiger charge is 2.14. The van der Waals surface area contributed by atoms with Gasteiger partial charge < -0.3 is 5.11 Å². The van der Waals surface area contributed by atoms with Gasteiger partial charge in [0.25, 0.3) is 0 Å². The molecular weight excluding hydrogens is 216 g/mol. The fraction of sp³-hybridized carbons (Fsp3) is 0.231. The maximum Gasteiger partial charge on any atom is 0.153 e. The Bertz CT molecular complexity index is 585. The minimum absolute atomic E-state index is 0.160. The third-order valence-electron chi connectivity index (χ3n) is 2.82. The minimum Gasteiger partial charge on any atom is -0.506 e. The summed E-state index contributed by atoms with van der Waals surface area (Å²) in [5.41, 5.74) is 3.53. The number of aryl methyl sites for hydroxylation is 2. The van der Waals surface area contributed by atoms with Crippen molar-refractivity contribution in [3.8, 4) is 11.4 Å². The maximum absolute atomic E-state index is 10.9. The summed E-state index contributed by atoms with van der Waals surface area (Å²) in [6.45, 7) is 5.49. The van der Waals surface area contributed by atoms with E-state index in [4.69, 9.17) is 0 Å². The van der Waals surface area contributed by atoms with E-state index in [2.05, 4.69) is 5.10 Å². The van der Waals surface area contributed by atoms with Crippen LogP contribution in [-0.4, -0.2) is 21.2 Å². The van der Waals surface area contributed by atoms with E-state index in [1.807, 2.05) is 19.9 Å². The number of phenols is 1. The van der Waals surface area contributed by atoms with Gasteiger partial charge in [-0.3, -0.25) is 4.79 Å². The average Bonchev–Trinajstić information content (AvgIpc) is 2.54. The lowest BCUT2D eigenvalue weighted by molar-refractivity contribution is 0.112. The van der Waals surface area contributed by atoms with Crippen molar-refractivity contribution in [2.75, 3.05) is 0 Å². The smallest absolute Gasteiger partial charge is 0.153 e. The lowest BCUT2D eigenvalue weighted by Gasteiger charge is -2.07. The van der Waals surface area contributed by atoms with E-state index >= 15 is 0 Å². The second-order valence-electron chi connectivity index (χ2n) is 4.11. The van der Waals surface area contributed by atoms with Crippen molar-refractivity contribution < 1.29 is 9.90 Å². The van der Waals surface area contributed by atoms with Gasteiger partial charge in [0.15, 0.2) is 6.29 Å². The van der Waals surface area contributed by atoms with E-state index in [1.165, 1.54) is 0 Å². The lowest BCUT2D eigenvalue weighted by atomic mass is 10.2. The molecule has 0 atom stereocenters. The third kappa shape index (κ3) is 1.82. The molecule has 1 aromatic carbocycles. The minimum atomic E-state index is 0.160. The average molecular weight is 230 g/mol. The fourth-order valence-electron chi connectivity index (χ4n) is 1.87. The number of aromatic nitrogens is 2. The van der Waals surface area contributed by atoms with Crippen molar-refractivity contribution >= 4 is 6.29 Å². The molecule has 1 N–H and O–H groups in total. The Morgan fingerprint density at radius 3 is 2.53 bits per heavy atom. The number of aldehydes is 1. The molecule has 0 unspecified atom stereocenters. The van der Waals surface area contributed by atoms with Crippen LogP contribution >= 0.6 is 0 Å². The van der Waals surface area contributed by atoms with Crippen LogP contribution in [0.1, 0.15) is 27.3 Å². The molecule has 0 amide bonds. The monoisotopic (exact) mass is 230 g/mol. The summed E-state index contributed by atoms with van der Waals surface area (Å²) in [7, 11) is 0. The molecule has 1 aromatic heterocycles. The Morgan fingerprint density at radius 1 is 1.29 bits per heavy atom. The van der Waals surface area contributed by atoms with E-state index in [1.54, 1.807) is 23.7 Å². The summed E-state index contributed by atoms with van der Waals surface area (Å²) in [4.78, 5) is 10.9. The first-order valence-electron chi connectivity index (χ1n) is 5.36. The highest BCUT2D eigenvalue weighted by atomic mass is 16.3. The zero-order valence-corrected chi connectivity index (χ0v) is 10.1. The molecule has 4 nitrogen and oxygen atoms in total. The Balaban J connectivity index is 2.65. The predicted molar refractivity (Wildman–Crippen MR) is 64.8 cm³/mol. The van der Waals surface area contributed by atoms with Gasteiger partial charge in [-0.1, -0.05) is 6.07 Å². The van der Waals surface area contributed by atoms with Crippen LogP contribution in [0.4, 0.5) is 0 Å². The summed E-state index contributed by atoms with van der Waals surface area (Å²) >= 11 is 0. The van der Waals surface area contributed by atoms with Gasteiger partial charge in [0.05, 0.1) is 17.0 Å². The Labute approximate surface area is 99.5 Å². The largest absolute Gasteiger partial charge is 0.506 e. The molecule has 2 aromatic rings. The lowest BCUT2D eigenvalue weighted by Crippen LogP contribution is -2.00. The second-order valence-corrected chi connectivity index (χ2v) is 4.11. The van der Waals surface area contributed by atoms with Crippen molar-refractivity contribution in [2.24, 2.45) is 0 Å². The normalized spacial score (nSPS) is 10.5. The number of benzene rings is 1. The fourth-order valence-corrected chi connectivity index (χ4v) is 1.87. The Kier molecular flexibility index (Phi) is 2.71. The number of carbonyl (C=O) groups excluding carboxylic acids is 1. The van der Waals surface area contributed by atoms with Crippen molar-refractivity contribution in [1.29, 1.82) is 0 Å². The van der Waals surface area contributed by atoms with Crippen molar-refractivity contribution in [2.45, 2.75) is 20.8 Å². The molecule has 0 aliphatic carbocycles. The van der Waals surface area contributed by atoms with Crippen LogP contribution in [0, 0.1) is 20.8 Å². The standard InChI is InChI=1S/C13H14N2O2/c1-8-4-5-12(13(17)6-8)15-10(3)11(7-16)9(2)14-15/h4-7,17H,1-3H3. The summed E-state index contributed by atoms with van der Waals surface area (Å²) < 4.78 is 1.59. The van der Waals surface area contributed by atoms with Gasteiger partial charge in [0.1, 0.15) is 11.4 Å². The molecule has 0 saturated heterocycles. The SMILES string of the molecule is Cc1ccc(-n2nc(C)c(C=O)c2C)c(O)c1. The maximum atomic E-state index is 10.9. The highest BCUT2D eigenvalue weighted by molar-refractivity contribution is 5.78. The van der Waals surface area contributed by atoms with E-state index in [9.17, 15) is 9.90 Å². The van der Waals surface area contributed by atoms with Gasteiger partial charge in [-0.25, -0.2) is 4.68 Å². The van der Waals surface area contributed by atoms with Crippen LogP contribution in [0.15, 0.2) is 18.2 Å². The van der Waals surface area contributed by atoms with Gasteiger partial charge in [-0.15, -0.1) is 0 Å². The van der Waals surface area contributed by atoms with Gasteiger partial charge >= 0.3 is 0 Å². The number of nitrogens with zero attached hydrogens (tertiary/aromatic N) is 2. The van der Waals surface area contributed by atoms with E-state index in [0.29, 0.717) is 16.9 Å². The first-order valence-corrected chi connectivity index (χ1v) is 5.36. The van der Waals surface area contributed by atoms with Crippen LogP contribution < -0.4 is 0 Å². The number of carbonyl (C=O) groups is 1. The number of phenolic OH excluding ortho intramolecular Hbond substituents is 1.